The van der Waals surface area contributed by atoms with Crippen LogP contribution < -0.4 is 5.73 Å². The molecule has 2 rings (SSSR count). The van der Waals surface area contributed by atoms with E-state index in [0.29, 0.717) is 25.2 Å². The fourth-order valence-corrected chi connectivity index (χ4v) is 2.54. The van der Waals surface area contributed by atoms with Crippen LogP contribution in [-0.4, -0.2) is 36.1 Å². The van der Waals surface area contributed by atoms with Crippen LogP contribution in [0, 0.1) is 6.92 Å². The summed E-state index contributed by atoms with van der Waals surface area (Å²) in [7, 11) is 0. The van der Waals surface area contributed by atoms with Gasteiger partial charge in [0.05, 0.1) is 18.6 Å². The molecule has 0 unspecified atom stereocenters. The average molecular weight is 262 g/mol. The van der Waals surface area contributed by atoms with Gasteiger partial charge in [-0.2, -0.15) is 0 Å². The zero-order chi connectivity index (χ0) is 14.0. The molecule has 4 nitrogen and oxygen atoms in total. The number of amides is 1. The van der Waals surface area contributed by atoms with E-state index in [1.54, 1.807) is 0 Å². The quantitative estimate of drug-likeness (QED) is 0.826. The molecule has 19 heavy (non-hydrogen) atoms. The molecule has 1 fully saturated rings. The summed E-state index contributed by atoms with van der Waals surface area (Å²) in [6, 6.07) is 5.81. The topological polar surface area (TPSA) is 55.6 Å². The zero-order valence-electron chi connectivity index (χ0n) is 11.8. The lowest BCUT2D eigenvalue weighted by Crippen LogP contribution is -2.48. The molecular formula is C15H22N2O2. The monoisotopic (exact) mass is 262 g/mol. The summed E-state index contributed by atoms with van der Waals surface area (Å²) in [6.45, 7) is 7.32. The van der Waals surface area contributed by atoms with Crippen molar-refractivity contribution in [1.82, 2.24) is 4.90 Å². The minimum Gasteiger partial charge on any atom is -0.398 e. The Morgan fingerprint density at radius 1 is 1.37 bits per heavy atom. The predicted molar refractivity (Wildman–Crippen MR) is 75.9 cm³/mol. The van der Waals surface area contributed by atoms with Crippen molar-refractivity contribution in [1.29, 1.82) is 0 Å². The number of nitrogens with zero attached hydrogens (tertiary/aromatic N) is 1. The molecule has 2 N–H and O–H groups in total. The summed E-state index contributed by atoms with van der Waals surface area (Å²) in [6.07, 6.45) is 0.567. The Morgan fingerprint density at radius 3 is 2.63 bits per heavy atom. The highest BCUT2D eigenvalue weighted by Crippen LogP contribution is 2.17. The van der Waals surface area contributed by atoms with Gasteiger partial charge in [-0.25, -0.2) is 0 Å². The Morgan fingerprint density at radius 2 is 2.00 bits per heavy atom. The summed E-state index contributed by atoms with van der Waals surface area (Å²) >= 11 is 0. The first-order valence-electron chi connectivity index (χ1n) is 6.74. The Labute approximate surface area is 114 Å². The number of ether oxygens (including phenoxy) is 1. The highest BCUT2D eigenvalue weighted by Gasteiger charge is 2.25. The molecule has 1 aliphatic heterocycles. The van der Waals surface area contributed by atoms with Crippen LogP contribution in [0.4, 0.5) is 5.69 Å². The molecule has 1 saturated heterocycles. The average Bonchev–Trinajstić information content (AvgIpc) is 2.32. The number of anilines is 1. The number of rotatable bonds is 2. The van der Waals surface area contributed by atoms with Gasteiger partial charge in [-0.15, -0.1) is 0 Å². The molecule has 1 amide bonds. The van der Waals surface area contributed by atoms with E-state index < -0.39 is 0 Å². The highest BCUT2D eigenvalue weighted by molar-refractivity contribution is 5.80. The van der Waals surface area contributed by atoms with Crippen molar-refractivity contribution in [3.63, 3.8) is 0 Å². The molecule has 1 aliphatic rings. The van der Waals surface area contributed by atoms with Crippen LogP contribution in [0.3, 0.4) is 0 Å². The van der Waals surface area contributed by atoms with Crippen LogP contribution >= 0.6 is 0 Å². The van der Waals surface area contributed by atoms with E-state index in [2.05, 4.69) is 0 Å². The lowest BCUT2D eigenvalue weighted by molar-refractivity contribution is -0.142. The van der Waals surface area contributed by atoms with Crippen LogP contribution in [0.1, 0.15) is 25.0 Å². The molecule has 104 valence electrons. The number of nitrogen functional groups attached to an aromatic ring is 1. The molecule has 0 saturated carbocycles. The smallest absolute Gasteiger partial charge is 0.227 e. The summed E-state index contributed by atoms with van der Waals surface area (Å²) in [4.78, 5) is 14.2. The molecule has 0 bridgehead atoms. The first-order chi connectivity index (χ1) is 8.95. The first kappa shape index (κ1) is 13.9. The van der Waals surface area contributed by atoms with Gasteiger partial charge in [-0.05, 0) is 32.4 Å². The van der Waals surface area contributed by atoms with Crippen molar-refractivity contribution in [2.24, 2.45) is 0 Å². The maximum atomic E-state index is 12.3. The van der Waals surface area contributed by atoms with Crippen molar-refractivity contribution in [3.8, 4) is 0 Å². The first-order valence-corrected chi connectivity index (χ1v) is 6.74. The SMILES string of the molecule is Cc1ccc(N)c(CC(=O)N2C[C@H](C)O[C@@H](C)C2)c1. The molecular weight excluding hydrogens is 240 g/mol. The third-order valence-electron chi connectivity index (χ3n) is 3.41. The van der Waals surface area contributed by atoms with Crippen LogP contribution in [0.2, 0.25) is 0 Å². The van der Waals surface area contributed by atoms with Crippen molar-refractivity contribution >= 4 is 11.6 Å². The van der Waals surface area contributed by atoms with E-state index in [1.807, 2.05) is 43.9 Å². The number of carbonyl (C=O) groups is 1. The van der Waals surface area contributed by atoms with Gasteiger partial charge in [0, 0.05) is 18.8 Å². The van der Waals surface area contributed by atoms with Gasteiger partial charge in [0.15, 0.2) is 0 Å². The van der Waals surface area contributed by atoms with Gasteiger partial charge >= 0.3 is 0 Å². The summed E-state index contributed by atoms with van der Waals surface area (Å²) < 4.78 is 5.64. The van der Waals surface area contributed by atoms with Gasteiger partial charge in [0.25, 0.3) is 0 Å². The van der Waals surface area contributed by atoms with E-state index in [-0.39, 0.29) is 18.1 Å². The molecule has 1 aromatic carbocycles. The number of nitrogens with two attached hydrogens (primary N) is 1. The molecule has 0 aromatic heterocycles. The third kappa shape index (κ3) is 3.47. The van der Waals surface area contributed by atoms with Crippen LogP contribution in [0.25, 0.3) is 0 Å². The Kier molecular flexibility index (Phi) is 4.10. The number of hydrogen-bond acceptors (Lipinski definition) is 3. The molecule has 1 heterocycles. The van der Waals surface area contributed by atoms with Crippen LogP contribution in [0.5, 0.6) is 0 Å². The maximum absolute atomic E-state index is 12.3. The second-order valence-electron chi connectivity index (χ2n) is 5.44. The van der Waals surface area contributed by atoms with E-state index in [9.17, 15) is 4.79 Å². The van der Waals surface area contributed by atoms with E-state index >= 15 is 0 Å². The summed E-state index contributed by atoms with van der Waals surface area (Å²) in [5.41, 5.74) is 8.65. The molecule has 0 aliphatic carbocycles. The van der Waals surface area contributed by atoms with Crippen molar-refractivity contribution in [3.05, 3.63) is 29.3 Å². The minimum absolute atomic E-state index is 0.0996. The molecule has 4 heteroatoms. The third-order valence-corrected chi connectivity index (χ3v) is 3.41. The van der Waals surface area contributed by atoms with Crippen LogP contribution in [0.15, 0.2) is 18.2 Å². The summed E-state index contributed by atoms with van der Waals surface area (Å²) in [5.74, 6) is 0.124. The zero-order valence-corrected chi connectivity index (χ0v) is 11.8. The molecule has 0 radical (unpaired) electrons. The fourth-order valence-electron chi connectivity index (χ4n) is 2.54. The maximum Gasteiger partial charge on any atom is 0.227 e. The van der Waals surface area contributed by atoms with Crippen molar-refractivity contribution in [2.75, 3.05) is 18.8 Å². The Bertz CT molecular complexity index is 463. The number of morpholine rings is 1. The van der Waals surface area contributed by atoms with Gasteiger partial charge in [0.1, 0.15) is 0 Å². The van der Waals surface area contributed by atoms with Crippen molar-refractivity contribution in [2.45, 2.75) is 39.4 Å². The normalized spacial score (nSPS) is 23.4. The number of hydrogen-bond donors (Lipinski definition) is 1. The van der Waals surface area contributed by atoms with Gasteiger partial charge < -0.3 is 15.4 Å². The van der Waals surface area contributed by atoms with Crippen LogP contribution in [-0.2, 0) is 16.0 Å². The lowest BCUT2D eigenvalue weighted by Gasteiger charge is -2.35. The van der Waals surface area contributed by atoms with Gasteiger partial charge in [-0.3, -0.25) is 4.79 Å². The lowest BCUT2D eigenvalue weighted by atomic mass is 10.1. The molecule has 0 spiro atoms. The second-order valence-corrected chi connectivity index (χ2v) is 5.44. The van der Waals surface area contributed by atoms with Gasteiger partial charge in [0.2, 0.25) is 5.91 Å². The standard InChI is InChI=1S/C15H22N2O2/c1-10-4-5-14(16)13(6-10)7-15(18)17-8-11(2)19-12(3)9-17/h4-6,11-12H,7-9,16H2,1-3H3/t11-,12-/m0/s1. The fraction of sp³-hybridized carbons (Fsp3) is 0.533. The predicted octanol–water partition coefficient (Wildman–Crippen LogP) is 1.76. The number of carbonyl (C=O) groups excluding carboxylic acids is 1. The largest absolute Gasteiger partial charge is 0.398 e. The van der Waals surface area contributed by atoms with Crippen molar-refractivity contribution < 1.29 is 9.53 Å². The molecule has 2 atom stereocenters. The summed E-state index contributed by atoms with van der Waals surface area (Å²) in [5, 5.41) is 0. The minimum atomic E-state index is 0.0996. The second kappa shape index (κ2) is 5.61. The number of benzene rings is 1. The number of aryl methyl sites for hydroxylation is 1. The Hall–Kier alpha value is -1.55. The van der Waals surface area contributed by atoms with E-state index in [4.69, 9.17) is 10.5 Å². The van der Waals surface area contributed by atoms with Gasteiger partial charge in [-0.1, -0.05) is 17.7 Å². The highest BCUT2D eigenvalue weighted by atomic mass is 16.5. The van der Waals surface area contributed by atoms with E-state index in [0.717, 1.165) is 11.1 Å². The Balaban J connectivity index is 2.06. The van der Waals surface area contributed by atoms with E-state index in [1.165, 1.54) is 0 Å². The molecule has 1 aromatic rings.